The Kier molecular flexibility index (Phi) is 3.71. The molecule has 0 saturated carbocycles. The van der Waals surface area contributed by atoms with Crippen LogP contribution in [-0.2, 0) is 5.11 Å². The van der Waals surface area contributed by atoms with E-state index >= 15 is 0 Å². The highest BCUT2D eigenvalue weighted by Gasteiger charge is 1.82. The van der Waals surface area contributed by atoms with Gasteiger partial charge in [-0.3, -0.25) is 0 Å². The van der Waals surface area contributed by atoms with Crippen molar-refractivity contribution in [3.8, 4) is 0 Å². The molecule has 0 bridgehead atoms. The van der Waals surface area contributed by atoms with Crippen molar-refractivity contribution in [1.29, 1.82) is 0 Å². The van der Waals surface area contributed by atoms with Crippen LogP contribution in [0.3, 0.4) is 0 Å². The zero-order valence-electron chi connectivity index (χ0n) is 4.90. The number of allylic oxidation sites excluding steroid dienone is 1. The van der Waals surface area contributed by atoms with Crippen molar-refractivity contribution in [1.82, 2.24) is 0 Å². The molecule has 0 aliphatic heterocycles. The van der Waals surface area contributed by atoms with Crippen molar-refractivity contribution in [2.75, 3.05) is 6.61 Å². The van der Waals surface area contributed by atoms with E-state index in [1.165, 1.54) is 5.57 Å². The van der Waals surface area contributed by atoms with Crippen molar-refractivity contribution in [2.45, 2.75) is 20.3 Å². The Labute approximate surface area is 44.7 Å². The first-order valence-electron chi connectivity index (χ1n) is 2.51. The molecule has 0 atom stereocenters. The Bertz CT molecular complexity index is 64.6. The summed E-state index contributed by atoms with van der Waals surface area (Å²) in [7, 11) is 0. The largest absolute Gasteiger partial charge is 0.236 e. The van der Waals surface area contributed by atoms with Gasteiger partial charge in [0.25, 0.3) is 0 Å². The van der Waals surface area contributed by atoms with Gasteiger partial charge in [-0.15, -0.1) is 0 Å². The van der Waals surface area contributed by atoms with E-state index in [9.17, 15) is 5.11 Å². The first kappa shape index (κ1) is 6.70. The summed E-state index contributed by atoms with van der Waals surface area (Å²) in [4.78, 5) is 0. The third-order valence-corrected chi connectivity index (χ3v) is 0.989. The van der Waals surface area contributed by atoms with Crippen LogP contribution < -0.4 is 0 Å². The summed E-state index contributed by atoms with van der Waals surface area (Å²) in [5.41, 5.74) is 1.19. The van der Waals surface area contributed by atoms with Crippen LogP contribution in [-0.4, -0.2) is 6.61 Å². The Hall–Kier alpha value is -0.300. The quantitative estimate of drug-likeness (QED) is 0.470. The zero-order valence-corrected chi connectivity index (χ0v) is 4.90. The molecule has 0 fully saturated rings. The topological polar surface area (TPSA) is 19.9 Å². The van der Waals surface area contributed by atoms with Crippen molar-refractivity contribution >= 4 is 0 Å². The van der Waals surface area contributed by atoms with Gasteiger partial charge in [-0.05, 0) is 20.3 Å². The molecule has 41 valence electrons. The summed E-state index contributed by atoms with van der Waals surface area (Å²) in [5.74, 6) is 0. The fraction of sp³-hybridized carbons (Fsp3) is 0.667. The maximum absolute atomic E-state index is 9.86. The van der Waals surface area contributed by atoms with Gasteiger partial charge in [0.1, 0.15) is 0 Å². The van der Waals surface area contributed by atoms with Crippen LogP contribution in [0.15, 0.2) is 11.6 Å². The smallest absolute Gasteiger partial charge is 0.0859 e. The van der Waals surface area contributed by atoms with Gasteiger partial charge < -0.3 is 0 Å². The SMILES string of the molecule is CC=C(C)CC[O]. The lowest BCUT2D eigenvalue weighted by atomic mass is 10.2. The molecule has 1 nitrogen and oxygen atoms in total. The molecule has 0 aromatic heterocycles. The monoisotopic (exact) mass is 99.1 g/mol. The molecular formula is C6H11O. The lowest BCUT2D eigenvalue weighted by molar-refractivity contribution is 0.197. The minimum atomic E-state index is 0.0240. The number of rotatable bonds is 2. The molecule has 0 aromatic carbocycles. The minimum Gasteiger partial charge on any atom is -0.236 e. The third-order valence-electron chi connectivity index (χ3n) is 0.989. The van der Waals surface area contributed by atoms with Crippen molar-refractivity contribution in [3.05, 3.63) is 11.6 Å². The van der Waals surface area contributed by atoms with Crippen LogP contribution >= 0.6 is 0 Å². The lowest BCUT2D eigenvalue weighted by Gasteiger charge is -1.89. The summed E-state index contributed by atoms with van der Waals surface area (Å²) < 4.78 is 0. The second-order valence-electron chi connectivity index (χ2n) is 1.59. The third kappa shape index (κ3) is 3.53. The van der Waals surface area contributed by atoms with Crippen LogP contribution in [0.1, 0.15) is 20.3 Å². The molecule has 0 N–H and O–H groups in total. The van der Waals surface area contributed by atoms with Gasteiger partial charge in [-0.25, -0.2) is 5.11 Å². The van der Waals surface area contributed by atoms with Gasteiger partial charge in [0, 0.05) is 0 Å². The average Bonchev–Trinajstić information content (AvgIpc) is 1.68. The second-order valence-corrected chi connectivity index (χ2v) is 1.59. The van der Waals surface area contributed by atoms with Crippen molar-refractivity contribution in [2.24, 2.45) is 0 Å². The van der Waals surface area contributed by atoms with Gasteiger partial charge in [0.05, 0.1) is 6.61 Å². The Morgan fingerprint density at radius 1 is 1.71 bits per heavy atom. The first-order chi connectivity index (χ1) is 3.31. The maximum atomic E-state index is 9.86. The molecule has 0 saturated heterocycles. The highest BCUT2D eigenvalue weighted by Crippen LogP contribution is 1.95. The van der Waals surface area contributed by atoms with Crippen LogP contribution in [0.5, 0.6) is 0 Å². The average molecular weight is 99.2 g/mol. The Morgan fingerprint density at radius 3 is 2.43 bits per heavy atom. The van der Waals surface area contributed by atoms with Gasteiger partial charge in [-0.1, -0.05) is 11.6 Å². The highest BCUT2D eigenvalue weighted by atomic mass is 16.2. The van der Waals surface area contributed by atoms with E-state index < -0.39 is 0 Å². The van der Waals surface area contributed by atoms with Crippen molar-refractivity contribution in [3.63, 3.8) is 0 Å². The molecular weight excluding hydrogens is 88.1 g/mol. The molecule has 0 unspecified atom stereocenters. The molecule has 0 amide bonds. The van der Waals surface area contributed by atoms with E-state index in [0.29, 0.717) is 6.42 Å². The van der Waals surface area contributed by atoms with Crippen molar-refractivity contribution < 1.29 is 5.11 Å². The summed E-state index contributed by atoms with van der Waals surface area (Å²) in [6.07, 6.45) is 2.68. The highest BCUT2D eigenvalue weighted by molar-refractivity contribution is 4.94. The summed E-state index contributed by atoms with van der Waals surface area (Å²) >= 11 is 0. The fourth-order valence-corrected chi connectivity index (χ4v) is 0.305. The summed E-state index contributed by atoms with van der Waals surface area (Å²) in [5, 5.41) is 9.86. The number of hydrogen-bond donors (Lipinski definition) is 0. The summed E-state index contributed by atoms with van der Waals surface area (Å²) in [6.45, 7) is 3.94. The predicted octanol–water partition coefficient (Wildman–Crippen LogP) is 1.77. The minimum absolute atomic E-state index is 0.0240. The standard InChI is InChI=1S/C6H11O/c1-3-6(2)4-5-7/h3H,4-5H2,1-2H3. The molecule has 1 radical (unpaired) electrons. The van der Waals surface area contributed by atoms with Crippen LogP contribution in [0.25, 0.3) is 0 Å². The molecule has 1 heteroatoms. The normalized spacial score (nSPS) is 12.1. The van der Waals surface area contributed by atoms with Gasteiger partial charge in [0.2, 0.25) is 0 Å². The van der Waals surface area contributed by atoms with Crippen LogP contribution in [0, 0.1) is 0 Å². The summed E-state index contributed by atoms with van der Waals surface area (Å²) in [6, 6.07) is 0. The first-order valence-corrected chi connectivity index (χ1v) is 2.51. The molecule has 0 aliphatic carbocycles. The number of hydrogen-bond acceptors (Lipinski definition) is 0. The second kappa shape index (κ2) is 3.88. The van der Waals surface area contributed by atoms with Gasteiger partial charge >= 0.3 is 0 Å². The zero-order chi connectivity index (χ0) is 5.70. The Morgan fingerprint density at radius 2 is 2.29 bits per heavy atom. The van der Waals surface area contributed by atoms with E-state index in [4.69, 9.17) is 0 Å². The molecule has 0 heterocycles. The van der Waals surface area contributed by atoms with Gasteiger partial charge in [0.15, 0.2) is 0 Å². The predicted molar refractivity (Wildman–Crippen MR) is 29.6 cm³/mol. The van der Waals surface area contributed by atoms with E-state index in [-0.39, 0.29) is 6.61 Å². The maximum Gasteiger partial charge on any atom is 0.0859 e. The lowest BCUT2D eigenvalue weighted by Crippen LogP contribution is -1.79. The van der Waals surface area contributed by atoms with Crippen LogP contribution in [0.2, 0.25) is 0 Å². The molecule has 7 heavy (non-hydrogen) atoms. The molecule has 0 aromatic rings. The molecule has 0 rings (SSSR count). The van der Waals surface area contributed by atoms with E-state index in [1.54, 1.807) is 0 Å². The van der Waals surface area contributed by atoms with Crippen LogP contribution in [0.4, 0.5) is 0 Å². The van der Waals surface area contributed by atoms with E-state index in [0.717, 1.165) is 0 Å². The molecule has 0 aliphatic rings. The van der Waals surface area contributed by atoms with Gasteiger partial charge in [-0.2, -0.15) is 0 Å². The fourth-order valence-electron chi connectivity index (χ4n) is 0.305. The van der Waals surface area contributed by atoms with E-state index in [2.05, 4.69) is 0 Å². The molecule has 0 spiro atoms. The Balaban J connectivity index is 3.17. The van der Waals surface area contributed by atoms with E-state index in [1.807, 2.05) is 19.9 Å².